The Hall–Kier alpha value is -2.25. The van der Waals surface area contributed by atoms with Gasteiger partial charge in [0.05, 0.1) is 22.5 Å². The number of amides is 1. The monoisotopic (exact) mass is 657 g/mol. The van der Waals surface area contributed by atoms with Crippen LogP contribution in [0.5, 0.6) is 0 Å². The fourth-order valence-corrected chi connectivity index (χ4v) is 5.82. The van der Waals surface area contributed by atoms with Gasteiger partial charge in [0.1, 0.15) is 0 Å². The van der Waals surface area contributed by atoms with Crippen LogP contribution in [0, 0.1) is 0 Å². The molecule has 4 rings (SSSR count). The van der Waals surface area contributed by atoms with Gasteiger partial charge in [0.2, 0.25) is 0 Å². The van der Waals surface area contributed by atoms with E-state index in [1.807, 2.05) is 6.92 Å². The fraction of sp³-hybridized carbons (Fsp3) is 0.360. The molecule has 1 amide bonds. The van der Waals surface area contributed by atoms with Crippen molar-refractivity contribution in [2.75, 3.05) is 12.8 Å². The standard InChI is InChI=1S/C25H20BrClF7N3OS/c1-3-36(16-5-6-16)22(38)17-8-13(4-7-19(17)27)14-11-35-37(12-14)21-18(26)9-15(10-20(21)39-2)23(28,24(29,30)31)25(32,33)34/h4,7-12,16H,3,5-6H2,1-2H3. The molecule has 210 valence electrons. The SMILES string of the molecule is CCN(C(=O)c1cc(-c2cnn(-c3c(Br)cc(C(F)(C(F)(F)F)C(F)(F)F)cc3SC)c2)ccc1Cl)C1CC1. The molecule has 2 aromatic carbocycles. The molecule has 0 bridgehead atoms. The van der Waals surface area contributed by atoms with Gasteiger partial charge in [-0.05, 0) is 71.8 Å². The summed E-state index contributed by atoms with van der Waals surface area (Å²) >= 11 is 10.1. The van der Waals surface area contributed by atoms with Crippen molar-refractivity contribution >= 4 is 45.2 Å². The molecule has 0 unspecified atom stereocenters. The maximum atomic E-state index is 14.7. The van der Waals surface area contributed by atoms with E-state index >= 15 is 0 Å². The molecule has 1 aliphatic carbocycles. The summed E-state index contributed by atoms with van der Waals surface area (Å²) in [6.45, 7) is 2.40. The molecule has 0 spiro atoms. The molecule has 0 atom stereocenters. The smallest absolute Gasteiger partial charge is 0.336 e. The second kappa shape index (κ2) is 10.6. The van der Waals surface area contributed by atoms with Gasteiger partial charge in [-0.15, -0.1) is 11.8 Å². The van der Waals surface area contributed by atoms with E-state index < -0.39 is 23.6 Å². The first-order valence-electron chi connectivity index (χ1n) is 11.5. The van der Waals surface area contributed by atoms with Gasteiger partial charge in [0, 0.05) is 39.3 Å². The molecule has 1 aromatic heterocycles. The summed E-state index contributed by atoms with van der Waals surface area (Å²) < 4.78 is 95.7. The van der Waals surface area contributed by atoms with Gasteiger partial charge in [0.15, 0.2) is 0 Å². The van der Waals surface area contributed by atoms with Crippen LogP contribution in [0.1, 0.15) is 35.7 Å². The minimum atomic E-state index is -6.24. The number of alkyl halides is 7. The number of nitrogens with zero attached hydrogens (tertiary/aromatic N) is 3. The Labute approximate surface area is 236 Å². The van der Waals surface area contributed by atoms with Gasteiger partial charge in [-0.1, -0.05) is 17.7 Å². The van der Waals surface area contributed by atoms with Crippen LogP contribution in [0.25, 0.3) is 16.8 Å². The lowest BCUT2D eigenvalue weighted by atomic mass is 9.94. The van der Waals surface area contributed by atoms with Gasteiger partial charge < -0.3 is 4.90 Å². The van der Waals surface area contributed by atoms with Crippen LogP contribution in [0.15, 0.2) is 52.1 Å². The molecule has 3 aromatic rings. The first-order chi connectivity index (χ1) is 18.1. The minimum absolute atomic E-state index is 0.0838. The van der Waals surface area contributed by atoms with E-state index in [2.05, 4.69) is 21.0 Å². The van der Waals surface area contributed by atoms with E-state index in [1.54, 1.807) is 23.1 Å². The number of carbonyl (C=O) groups is 1. The van der Waals surface area contributed by atoms with Gasteiger partial charge in [-0.3, -0.25) is 4.79 Å². The third-order valence-corrected chi connectivity index (χ3v) is 8.04. The molecule has 1 heterocycles. The number of thioether (sulfide) groups is 1. The highest BCUT2D eigenvalue weighted by Crippen LogP contribution is 2.54. The Morgan fingerprint density at radius 2 is 1.74 bits per heavy atom. The topological polar surface area (TPSA) is 38.1 Å². The van der Waals surface area contributed by atoms with Gasteiger partial charge in [-0.2, -0.15) is 31.4 Å². The second-order valence-electron chi connectivity index (χ2n) is 8.85. The number of hydrogen-bond acceptors (Lipinski definition) is 3. The minimum Gasteiger partial charge on any atom is -0.336 e. The maximum absolute atomic E-state index is 14.7. The largest absolute Gasteiger partial charge is 0.435 e. The van der Waals surface area contributed by atoms with Crippen LogP contribution >= 0.6 is 39.3 Å². The lowest BCUT2D eigenvalue weighted by Crippen LogP contribution is -2.50. The summed E-state index contributed by atoms with van der Waals surface area (Å²) in [5.41, 5.74) is -5.70. The Bertz CT molecular complexity index is 1390. The van der Waals surface area contributed by atoms with Crippen LogP contribution < -0.4 is 0 Å². The third kappa shape index (κ3) is 5.41. The number of hydrogen-bond donors (Lipinski definition) is 0. The predicted molar refractivity (Wildman–Crippen MR) is 138 cm³/mol. The van der Waals surface area contributed by atoms with E-state index in [4.69, 9.17) is 11.6 Å². The highest BCUT2D eigenvalue weighted by molar-refractivity contribution is 9.10. The first-order valence-corrected chi connectivity index (χ1v) is 13.9. The quantitative estimate of drug-likeness (QED) is 0.189. The van der Waals surface area contributed by atoms with E-state index in [0.717, 1.165) is 24.6 Å². The molecule has 1 aliphatic rings. The zero-order chi connectivity index (χ0) is 28.9. The highest BCUT2D eigenvalue weighted by Gasteiger charge is 2.73. The van der Waals surface area contributed by atoms with Crippen LogP contribution in [0.3, 0.4) is 0 Å². The molecule has 14 heteroatoms. The van der Waals surface area contributed by atoms with Crippen molar-refractivity contribution in [2.45, 2.75) is 48.7 Å². The van der Waals surface area contributed by atoms with Crippen LogP contribution in [0.2, 0.25) is 5.02 Å². The summed E-state index contributed by atoms with van der Waals surface area (Å²) in [6.07, 6.45) is -6.29. The maximum Gasteiger partial charge on any atom is 0.435 e. The van der Waals surface area contributed by atoms with Crippen molar-refractivity contribution in [2.24, 2.45) is 0 Å². The second-order valence-corrected chi connectivity index (χ2v) is 11.0. The third-order valence-electron chi connectivity index (χ3n) is 6.36. The van der Waals surface area contributed by atoms with Gasteiger partial charge >= 0.3 is 18.0 Å². The summed E-state index contributed by atoms with van der Waals surface area (Å²) in [6, 6.07) is 5.97. The van der Waals surface area contributed by atoms with Crippen molar-refractivity contribution in [3.05, 3.63) is 63.3 Å². The zero-order valence-electron chi connectivity index (χ0n) is 20.3. The average Bonchev–Trinajstić information content (AvgIpc) is 3.57. The Morgan fingerprint density at radius 1 is 1.10 bits per heavy atom. The molecule has 4 nitrogen and oxygen atoms in total. The molecule has 0 saturated heterocycles. The Morgan fingerprint density at radius 3 is 2.28 bits per heavy atom. The van der Waals surface area contributed by atoms with Crippen molar-refractivity contribution in [3.8, 4) is 16.8 Å². The average molecular weight is 659 g/mol. The molecule has 39 heavy (non-hydrogen) atoms. The number of carbonyl (C=O) groups excluding carboxylic acids is 1. The number of aromatic nitrogens is 2. The summed E-state index contributed by atoms with van der Waals surface area (Å²) in [5, 5.41) is 4.48. The Balaban J connectivity index is 1.75. The van der Waals surface area contributed by atoms with Crippen molar-refractivity contribution in [1.29, 1.82) is 0 Å². The van der Waals surface area contributed by atoms with Gasteiger partial charge in [-0.25, -0.2) is 9.07 Å². The lowest BCUT2D eigenvalue weighted by molar-refractivity contribution is -0.348. The van der Waals surface area contributed by atoms with Crippen molar-refractivity contribution in [1.82, 2.24) is 14.7 Å². The molecule has 0 radical (unpaired) electrons. The fourth-order valence-electron chi connectivity index (χ4n) is 4.21. The zero-order valence-corrected chi connectivity index (χ0v) is 23.5. The predicted octanol–water partition coefficient (Wildman–Crippen LogP) is 8.59. The van der Waals surface area contributed by atoms with Crippen LogP contribution in [-0.4, -0.2) is 51.8 Å². The van der Waals surface area contributed by atoms with Crippen LogP contribution in [0.4, 0.5) is 30.7 Å². The molecule has 1 fully saturated rings. The van der Waals surface area contributed by atoms with Gasteiger partial charge in [0.25, 0.3) is 5.91 Å². The summed E-state index contributed by atoms with van der Waals surface area (Å²) in [4.78, 5) is 14.7. The lowest BCUT2D eigenvalue weighted by Gasteiger charge is -2.31. The van der Waals surface area contributed by atoms with Crippen molar-refractivity contribution in [3.63, 3.8) is 0 Å². The number of benzene rings is 2. The van der Waals surface area contributed by atoms with E-state index in [-0.39, 0.29) is 32.0 Å². The summed E-state index contributed by atoms with van der Waals surface area (Å²) in [5.74, 6) is -0.216. The molecule has 0 aliphatic heterocycles. The van der Waals surface area contributed by atoms with E-state index in [0.29, 0.717) is 35.4 Å². The number of halogens is 9. The molecular weight excluding hydrogens is 639 g/mol. The van der Waals surface area contributed by atoms with Crippen molar-refractivity contribution < 1.29 is 35.5 Å². The first kappa shape index (κ1) is 29.7. The number of rotatable bonds is 7. The molecule has 0 N–H and O–H groups in total. The van der Waals surface area contributed by atoms with E-state index in [1.165, 1.54) is 23.3 Å². The van der Waals surface area contributed by atoms with E-state index in [9.17, 15) is 35.5 Å². The molecular formula is C25H20BrClF7N3OS. The summed E-state index contributed by atoms with van der Waals surface area (Å²) in [7, 11) is 0. The Kier molecular flexibility index (Phi) is 8.10. The highest BCUT2D eigenvalue weighted by atomic mass is 79.9. The normalized spacial score (nSPS) is 14.5. The molecule has 1 saturated carbocycles. The van der Waals surface area contributed by atoms with Crippen LogP contribution in [-0.2, 0) is 5.67 Å².